The molecule has 0 saturated heterocycles. The number of hydrogen-bond acceptors (Lipinski definition) is 1. The average molecular weight is 207 g/mol. The quantitative estimate of drug-likeness (QED) is 0.315. The van der Waals surface area contributed by atoms with Crippen LogP contribution in [0.15, 0.2) is 12.7 Å². The first-order chi connectivity index (χ1) is 5.20. The molecule has 0 radical (unpaired) electrons. The van der Waals surface area contributed by atoms with E-state index in [2.05, 4.69) is 11.9 Å². The number of nitrogens with zero attached hydrogens (tertiary/aromatic N) is 1. The number of halogens is 1. The molecule has 0 rings (SSSR count). The van der Waals surface area contributed by atoms with Gasteiger partial charge in [-0.05, 0) is 6.08 Å². The summed E-state index contributed by atoms with van der Waals surface area (Å²) in [6.07, 6.45) is 1.29. The maximum atomic E-state index is 11.0. The molecule has 0 aliphatic heterocycles. The van der Waals surface area contributed by atoms with E-state index >= 15 is 0 Å². The molecule has 0 unspecified atom stereocenters. The predicted molar refractivity (Wildman–Crippen MR) is 50.5 cm³/mol. The van der Waals surface area contributed by atoms with Crippen molar-refractivity contribution in [1.82, 2.24) is 5.32 Å². The molecule has 0 aromatic carbocycles. The largest absolute Gasteiger partial charge is 1.00 e. The van der Waals surface area contributed by atoms with Crippen LogP contribution in [0.5, 0.6) is 0 Å². The highest BCUT2D eigenvalue weighted by Gasteiger charge is 2.33. The fourth-order valence-corrected chi connectivity index (χ4v) is 0.520. The summed E-state index contributed by atoms with van der Waals surface area (Å²) in [6, 6.07) is 0. The third-order valence-corrected chi connectivity index (χ3v) is 2.29. The third kappa shape index (κ3) is 4.29. The van der Waals surface area contributed by atoms with Crippen molar-refractivity contribution in [2.24, 2.45) is 0 Å². The van der Waals surface area contributed by atoms with E-state index in [0.29, 0.717) is 4.48 Å². The van der Waals surface area contributed by atoms with Gasteiger partial charge in [0.1, 0.15) is 0 Å². The summed E-state index contributed by atoms with van der Waals surface area (Å²) < 4.78 is 0.673. The van der Waals surface area contributed by atoms with Crippen molar-refractivity contribution >= 4 is 5.91 Å². The van der Waals surface area contributed by atoms with E-state index in [1.807, 2.05) is 35.0 Å². The maximum Gasteiger partial charge on any atom is 0.248 e. The van der Waals surface area contributed by atoms with Crippen molar-refractivity contribution in [1.29, 1.82) is 0 Å². The fourth-order valence-electron chi connectivity index (χ4n) is 0.520. The van der Waals surface area contributed by atoms with Crippen LogP contribution in [0.3, 0.4) is 0 Å². The van der Waals surface area contributed by atoms with Crippen molar-refractivity contribution in [3.63, 3.8) is 0 Å². The van der Waals surface area contributed by atoms with E-state index in [1.165, 1.54) is 6.08 Å². The van der Waals surface area contributed by atoms with E-state index in [0.717, 1.165) is 0 Å². The van der Waals surface area contributed by atoms with Gasteiger partial charge in [0.05, 0.1) is 21.1 Å². The molecule has 0 aromatic rings. The fraction of sp³-hybridized carbons (Fsp3) is 0.667. The molecule has 0 heterocycles. The first-order valence-electron chi connectivity index (χ1n) is 3.97. The van der Waals surface area contributed by atoms with Gasteiger partial charge >= 0.3 is 0 Å². The van der Waals surface area contributed by atoms with Crippen LogP contribution in [0.1, 0.15) is 13.8 Å². The van der Waals surface area contributed by atoms with Crippen LogP contribution in [-0.4, -0.2) is 37.2 Å². The Hall–Kier alpha value is -0.540. The molecule has 1 N–H and O–H groups in total. The second-order valence-electron chi connectivity index (χ2n) is 4.26. The van der Waals surface area contributed by atoms with Crippen LogP contribution in [0, 0.1) is 0 Å². The molecule has 3 nitrogen and oxygen atoms in total. The molecule has 0 bridgehead atoms. The highest BCUT2D eigenvalue weighted by Crippen LogP contribution is 2.12. The Kier molecular flexibility index (Phi) is 5.32. The van der Waals surface area contributed by atoms with Gasteiger partial charge in [-0.15, -0.1) is 0 Å². The monoisotopic (exact) mass is 206 g/mol. The van der Waals surface area contributed by atoms with Crippen LogP contribution in [0.2, 0.25) is 0 Å². The van der Waals surface area contributed by atoms with E-state index in [9.17, 15) is 4.79 Å². The number of rotatable bonds is 3. The summed E-state index contributed by atoms with van der Waals surface area (Å²) in [5.41, 5.74) is -0.273. The van der Waals surface area contributed by atoms with Crippen molar-refractivity contribution in [2.45, 2.75) is 19.5 Å². The van der Waals surface area contributed by atoms with Crippen LogP contribution in [0.4, 0.5) is 0 Å². The summed E-state index contributed by atoms with van der Waals surface area (Å²) >= 11 is 0. The Bertz CT molecular complexity index is 194. The zero-order chi connectivity index (χ0) is 9.99. The van der Waals surface area contributed by atoms with Gasteiger partial charge in [0.15, 0.2) is 5.66 Å². The second kappa shape index (κ2) is 4.63. The Morgan fingerprint density at radius 3 is 2.00 bits per heavy atom. The number of nitrogens with one attached hydrogen (secondary N) is 1. The number of hydrogen-bond donors (Lipinski definition) is 1. The first-order valence-corrected chi connectivity index (χ1v) is 3.97. The number of amides is 1. The molecule has 0 spiro atoms. The minimum atomic E-state index is -0.273. The van der Waals surface area contributed by atoms with Gasteiger partial charge in [-0.25, -0.2) is 0 Å². The Morgan fingerprint density at radius 2 is 1.77 bits per heavy atom. The summed E-state index contributed by atoms with van der Waals surface area (Å²) in [6.45, 7) is 7.37. The maximum absolute atomic E-state index is 11.0. The lowest BCUT2D eigenvalue weighted by atomic mass is 10.2. The molecule has 0 aliphatic rings. The lowest BCUT2D eigenvalue weighted by Gasteiger charge is -2.41. The minimum Gasteiger partial charge on any atom is -1.00 e. The van der Waals surface area contributed by atoms with E-state index in [4.69, 9.17) is 0 Å². The standard InChI is InChI=1S/C9H18N2O.ClH/c1-7-8(12)10-9(2,3)11(4,5)6;/h7H,1H2,2-6H3;1H. The van der Waals surface area contributed by atoms with Crippen LogP contribution in [0.25, 0.3) is 0 Å². The van der Waals surface area contributed by atoms with Gasteiger partial charge in [0.25, 0.3) is 0 Å². The smallest absolute Gasteiger partial charge is 0.248 e. The molecular formula is C9H19ClN2O. The highest BCUT2D eigenvalue weighted by atomic mass is 35.5. The van der Waals surface area contributed by atoms with Gasteiger partial charge in [-0.1, -0.05) is 6.58 Å². The molecule has 0 atom stereocenters. The van der Waals surface area contributed by atoms with Crippen LogP contribution in [-0.2, 0) is 4.79 Å². The Morgan fingerprint density at radius 1 is 1.38 bits per heavy atom. The topological polar surface area (TPSA) is 29.1 Å². The van der Waals surface area contributed by atoms with Gasteiger partial charge in [0.2, 0.25) is 5.91 Å². The Balaban J connectivity index is 0. The average Bonchev–Trinajstić information content (AvgIpc) is 1.84. The molecule has 13 heavy (non-hydrogen) atoms. The lowest BCUT2D eigenvalue weighted by Crippen LogP contribution is -3.00. The zero-order valence-electron chi connectivity index (χ0n) is 9.02. The summed E-state index contributed by atoms with van der Waals surface area (Å²) in [4.78, 5) is 11.0. The first kappa shape index (κ1) is 15.0. The van der Waals surface area contributed by atoms with Crippen LogP contribution >= 0.6 is 0 Å². The SMILES string of the molecule is C=CC(=O)NC(C)(C)[N+](C)(C)C.[Cl-]. The summed E-state index contributed by atoms with van der Waals surface area (Å²) in [7, 11) is 6.09. The summed E-state index contributed by atoms with van der Waals surface area (Å²) in [5, 5.41) is 2.86. The van der Waals surface area contributed by atoms with Crippen molar-refractivity contribution in [3.05, 3.63) is 12.7 Å². The molecule has 0 aliphatic carbocycles. The van der Waals surface area contributed by atoms with E-state index in [-0.39, 0.29) is 24.0 Å². The van der Waals surface area contributed by atoms with Crippen molar-refractivity contribution < 1.29 is 21.7 Å². The van der Waals surface area contributed by atoms with Crippen molar-refractivity contribution in [2.75, 3.05) is 21.1 Å². The minimum absolute atomic E-state index is 0. The molecule has 0 saturated carbocycles. The van der Waals surface area contributed by atoms with Gasteiger partial charge in [0, 0.05) is 13.8 Å². The van der Waals surface area contributed by atoms with E-state index in [1.54, 1.807) is 0 Å². The predicted octanol–water partition coefficient (Wildman–Crippen LogP) is -2.27. The molecule has 0 fully saturated rings. The highest BCUT2D eigenvalue weighted by molar-refractivity contribution is 5.87. The molecule has 4 heteroatoms. The number of quaternary nitrogens is 1. The van der Waals surface area contributed by atoms with E-state index < -0.39 is 0 Å². The second-order valence-corrected chi connectivity index (χ2v) is 4.26. The number of carbonyl (C=O) groups is 1. The van der Waals surface area contributed by atoms with Gasteiger partial charge < -0.3 is 22.2 Å². The lowest BCUT2D eigenvalue weighted by molar-refractivity contribution is -0.922. The molecule has 1 amide bonds. The van der Waals surface area contributed by atoms with Gasteiger partial charge in [-0.2, -0.15) is 0 Å². The van der Waals surface area contributed by atoms with Crippen molar-refractivity contribution in [3.8, 4) is 0 Å². The zero-order valence-corrected chi connectivity index (χ0v) is 9.77. The molecule has 0 aromatic heterocycles. The number of carbonyl (C=O) groups excluding carboxylic acids is 1. The Labute approximate surface area is 86.8 Å². The third-order valence-electron chi connectivity index (χ3n) is 2.29. The molecular weight excluding hydrogens is 188 g/mol. The van der Waals surface area contributed by atoms with Crippen LogP contribution < -0.4 is 17.7 Å². The normalized spacial score (nSPS) is 11.5. The summed E-state index contributed by atoms with van der Waals surface area (Å²) in [5.74, 6) is -0.131. The molecule has 78 valence electrons. The van der Waals surface area contributed by atoms with Gasteiger partial charge in [-0.3, -0.25) is 4.79 Å².